The van der Waals surface area contributed by atoms with Crippen molar-refractivity contribution < 1.29 is 9.90 Å². The first-order chi connectivity index (χ1) is 8.56. The molecule has 1 heterocycles. The zero-order valence-electron chi connectivity index (χ0n) is 12.0. The Morgan fingerprint density at radius 2 is 2.17 bits per heavy atom. The number of carboxylic acids is 1. The van der Waals surface area contributed by atoms with Crippen LogP contribution >= 0.6 is 0 Å². The summed E-state index contributed by atoms with van der Waals surface area (Å²) in [5.74, 6) is -0.659. The first kappa shape index (κ1) is 15.4. The summed E-state index contributed by atoms with van der Waals surface area (Å²) in [6.45, 7) is 8.16. The van der Waals surface area contributed by atoms with Gasteiger partial charge in [0.25, 0.3) is 0 Å². The maximum absolute atomic E-state index is 11.4. The van der Waals surface area contributed by atoms with Gasteiger partial charge in [-0.2, -0.15) is 0 Å². The first-order valence-electron chi connectivity index (χ1n) is 7.28. The second kappa shape index (κ2) is 7.74. The summed E-state index contributed by atoms with van der Waals surface area (Å²) >= 11 is 0. The van der Waals surface area contributed by atoms with Gasteiger partial charge in [0.1, 0.15) is 6.04 Å². The predicted molar refractivity (Wildman–Crippen MR) is 73.8 cm³/mol. The quantitative estimate of drug-likeness (QED) is 0.732. The topological polar surface area (TPSA) is 52.6 Å². The van der Waals surface area contributed by atoms with E-state index >= 15 is 0 Å². The van der Waals surface area contributed by atoms with E-state index in [1.807, 2.05) is 0 Å². The minimum absolute atomic E-state index is 0.297. The number of rotatable bonds is 7. The van der Waals surface area contributed by atoms with E-state index in [9.17, 15) is 9.90 Å². The molecule has 0 aliphatic carbocycles. The Balaban J connectivity index is 2.63. The number of carbonyl (C=O) groups is 1. The van der Waals surface area contributed by atoms with Gasteiger partial charge in [-0.15, -0.1) is 0 Å². The summed E-state index contributed by atoms with van der Waals surface area (Å²) in [5.41, 5.74) is 0. The van der Waals surface area contributed by atoms with E-state index < -0.39 is 5.97 Å². The van der Waals surface area contributed by atoms with Crippen LogP contribution in [0, 0.1) is 0 Å². The lowest BCUT2D eigenvalue weighted by atomic mass is 9.97. The Labute approximate surface area is 111 Å². The van der Waals surface area contributed by atoms with Gasteiger partial charge in [0.15, 0.2) is 0 Å². The second-order valence-corrected chi connectivity index (χ2v) is 5.59. The standard InChI is InChI=1S/C14H28N2O2/c1-4-7-13(14(17)18)16-9-6-5-8-12(16)10-15-11(2)3/h11-13,15H,4-10H2,1-3H3,(H,17,18). The third-order valence-electron chi connectivity index (χ3n) is 3.68. The maximum atomic E-state index is 11.4. The van der Waals surface area contributed by atoms with Gasteiger partial charge in [-0.3, -0.25) is 9.69 Å². The SMILES string of the molecule is CCCC(C(=O)O)N1CCCCC1CNC(C)C. The largest absolute Gasteiger partial charge is 0.480 e. The van der Waals surface area contributed by atoms with E-state index in [1.54, 1.807) is 0 Å². The van der Waals surface area contributed by atoms with Gasteiger partial charge in [-0.1, -0.05) is 33.6 Å². The highest BCUT2D eigenvalue weighted by molar-refractivity contribution is 5.73. The molecular formula is C14H28N2O2. The lowest BCUT2D eigenvalue weighted by Crippen LogP contribution is -2.53. The fourth-order valence-corrected chi connectivity index (χ4v) is 2.73. The molecule has 2 unspecified atom stereocenters. The van der Waals surface area contributed by atoms with Crippen molar-refractivity contribution in [2.45, 2.75) is 71.0 Å². The minimum atomic E-state index is -0.659. The Morgan fingerprint density at radius 3 is 2.72 bits per heavy atom. The van der Waals surface area contributed by atoms with E-state index in [-0.39, 0.29) is 6.04 Å². The normalized spacial score (nSPS) is 23.2. The van der Waals surface area contributed by atoms with Crippen molar-refractivity contribution in [3.63, 3.8) is 0 Å². The molecule has 0 spiro atoms. The fraction of sp³-hybridized carbons (Fsp3) is 0.929. The van der Waals surface area contributed by atoms with Crippen molar-refractivity contribution in [1.29, 1.82) is 0 Å². The lowest BCUT2D eigenvalue weighted by molar-refractivity contribution is -0.145. The summed E-state index contributed by atoms with van der Waals surface area (Å²) in [6, 6.07) is 0.547. The fourth-order valence-electron chi connectivity index (χ4n) is 2.73. The van der Waals surface area contributed by atoms with Crippen LogP contribution in [0.25, 0.3) is 0 Å². The highest BCUT2D eigenvalue weighted by Gasteiger charge is 2.32. The number of hydrogen-bond acceptors (Lipinski definition) is 3. The maximum Gasteiger partial charge on any atom is 0.320 e. The molecule has 0 bridgehead atoms. The molecule has 0 aromatic heterocycles. The van der Waals surface area contributed by atoms with E-state index in [1.165, 1.54) is 6.42 Å². The number of nitrogens with zero attached hydrogens (tertiary/aromatic N) is 1. The van der Waals surface area contributed by atoms with Crippen LogP contribution in [0.2, 0.25) is 0 Å². The highest BCUT2D eigenvalue weighted by atomic mass is 16.4. The molecule has 0 saturated carbocycles. The van der Waals surface area contributed by atoms with Gasteiger partial charge in [-0.05, 0) is 25.8 Å². The zero-order chi connectivity index (χ0) is 13.5. The van der Waals surface area contributed by atoms with E-state index in [2.05, 4.69) is 31.0 Å². The molecule has 106 valence electrons. The number of hydrogen-bond donors (Lipinski definition) is 2. The summed E-state index contributed by atoms with van der Waals surface area (Å²) in [5, 5.41) is 12.8. The van der Waals surface area contributed by atoms with Crippen LogP contribution < -0.4 is 5.32 Å². The van der Waals surface area contributed by atoms with E-state index in [0.717, 1.165) is 38.8 Å². The van der Waals surface area contributed by atoms with Gasteiger partial charge in [0, 0.05) is 18.6 Å². The van der Waals surface area contributed by atoms with E-state index in [4.69, 9.17) is 0 Å². The Hall–Kier alpha value is -0.610. The van der Waals surface area contributed by atoms with Crippen LogP contribution in [-0.2, 0) is 4.79 Å². The lowest BCUT2D eigenvalue weighted by Gasteiger charge is -2.40. The molecule has 4 nitrogen and oxygen atoms in total. The van der Waals surface area contributed by atoms with Crippen LogP contribution in [0.5, 0.6) is 0 Å². The van der Waals surface area contributed by atoms with Crippen molar-refractivity contribution in [3.05, 3.63) is 0 Å². The van der Waals surface area contributed by atoms with Gasteiger partial charge in [0.05, 0.1) is 0 Å². The van der Waals surface area contributed by atoms with Crippen molar-refractivity contribution in [1.82, 2.24) is 10.2 Å². The Bertz CT molecular complexity index is 256. The van der Waals surface area contributed by atoms with Gasteiger partial charge in [0.2, 0.25) is 0 Å². The third-order valence-corrected chi connectivity index (χ3v) is 3.68. The molecule has 1 fully saturated rings. The van der Waals surface area contributed by atoms with Gasteiger partial charge in [-0.25, -0.2) is 0 Å². The van der Waals surface area contributed by atoms with Crippen LogP contribution in [-0.4, -0.2) is 47.2 Å². The molecule has 18 heavy (non-hydrogen) atoms. The van der Waals surface area contributed by atoms with Crippen LogP contribution in [0.4, 0.5) is 0 Å². The van der Waals surface area contributed by atoms with Crippen LogP contribution in [0.1, 0.15) is 52.9 Å². The van der Waals surface area contributed by atoms with Gasteiger partial charge >= 0.3 is 5.97 Å². The molecular weight excluding hydrogens is 228 g/mol. The first-order valence-corrected chi connectivity index (χ1v) is 7.28. The van der Waals surface area contributed by atoms with Crippen molar-refractivity contribution in [3.8, 4) is 0 Å². The Morgan fingerprint density at radius 1 is 1.44 bits per heavy atom. The second-order valence-electron chi connectivity index (χ2n) is 5.59. The molecule has 2 N–H and O–H groups in total. The number of carboxylic acid groups (broad SMARTS) is 1. The average molecular weight is 256 g/mol. The summed E-state index contributed by atoms with van der Waals surface area (Å²) in [6.07, 6.45) is 5.16. The molecule has 0 aromatic rings. The molecule has 0 aromatic carbocycles. The van der Waals surface area contributed by atoms with Crippen molar-refractivity contribution in [2.75, 3.05) is 13.1 Å². The molecule has 4 heteroatoms. The molecule has 0 amide bonds. The highest BCUT2D eigenvalue weighted by Crippen LogP contribution is 2.21. The molecule has 0 radical (unpaired) electrons. The van der Waals surface area contributed by atoms with E-state index in [0.29, 0.717) is 12.1 Å². The third kappa shape index (κ3) is 4.58. The average Bonchev–Trinajstić information content (AvgIpc) is 2.33. The monoisotopic (exact) mass is 256 g/mol. The Kier molecular flexibility index (Phi) is 6.65. The number of aliphatic carboxylic acids is 1. The molecule has 1 rings (SSSR count). The van der Waals surface area contributed by atoms with Crippen molar-refractivity contribution >= 4 is 5.97 Å². The number of nitrogens with one attached hydrogen (secondary N) is 1. The molecule has 1 aliphatic heterocycles. The smallest absolute Gasteiger partial charge is 0.320 e. The molecule has 1 aliphatic rings. The zero-order valence-corrected chi connectivity index (χ0v) is 12.0. The molecule has 1 saturated heterocycles. The summed E-state index contributed by atoms with van der Waals surface area (Å²) in [7, 11) is 0. The number of likely N-dealkylation sites (tertiary alicyclic amines) is 1. The number of piperidine rings is 1. The summed E-state index contributed by atoms with van der Waals surface area (Å²) in [4.78, 5) is 13.6. The van der Waals surface area contributed by atoms with Crippen molar-refractivity contribution in [2.24, 2.45) is 0 Å². The minimum Gasteiger partial charge on any atom is -0.480 e. The predicted octanol–water partition coefficient (Wildman–Crippen LogP) is 2.09. The van der Waals surface area contributed by atoms with Gasteiger partial charge < -0.3 is 10.4 Å². The van der Waals surface area contributed by atoms with Crippen LogP contribution in [0.15, 0.2) is 0 Å². The molecule has 2 atom stereocenters. The summed E-state index contributed by atoms with van der Waals surface area (Å²) < 4.78 is 0. The van der Waals surface area contributed by atoms with Crippen LogP contribution in [0.3, 0.4) is 0 Å².